The van der Waals surface area contributed by atoms with Crippen LogP contribution in [0, 0.1) is 5.92 Å². The van der Waals surface area contributed by atoms with E-state index >= 15 is 0 Å². The molecule has 3 rings (SSSR count). The van der Waals surface area contributed by atoms with E-state index in [0.29, 0.717) is 23.4 Å². The highest BCUT2D eigenvalue weighted by Gasteiger charge is 2.42. The van der Waals surface area contributed by atoms with Gasteiger partial charge in [-0.15, -0.1) is 0 Å². The normalized spacial score (nSPS) is 15.9. The highest BCUT2D eigenvalue weighted by atomic mass is 35.5. The van der Waals surface area contributed by atoms with Crippen LogP contribution < -0.4 is 10.1 Å². The summed E-state index contributed by atoms with van der Waals surface area (Å²) in [5, 5.41) is 7.46. The van der Waals surface area contributed by atoms with Gasteiger partial charge in [0.2, 0.25) is 5.88 Å². The zero-order chi connectivity index (χ0) is 21.7. The van der Waals surface area contributed by atoms with Crippen LogP contribution in [0.4, 0.5) is 13.2 Å². The maximum Gasteiger partial charge on any atom is 0.490 e. The second kappa shape index (κ2) is 9.70. The Balaban J connectivity index is 1.81. The second-order valence-corrected chi connectivity index (χ2v) is 7.60. The minimum atomic E-state index is -5.09. The van der Waals surface area contributed by atoms with Gasteiger partial charge in [0.25, 0.3) is 0 Å². The predicted molar refractivity (Wildman–Crippen MR) is 104 cm³/mol. The monoisotopic (exact) mass is 445 g/mol. The Kier molecular flexibility index (Phi) is 7.25. The third-order valence-electron chi connectivity index (χ3n) is 4.99. The van der Waals surface area contributed by atoms with Crippen LogP contribution in [0.5, 0.6) is 5.88 Å². The lowest BCUT2D eigenvalue weighted by Crippen LogP contribution is -2.31. The molecule has 1 aliphatic carbocycles. The molecule has 1 saturated carbocycles. The molecule has 1 atom stereocenters. The Hall–Kier alpha value is -2.26. The summed E-state index contributed by atoms with van der Waals surface area (Å²) in [6.07, 6.45) is -2.07. The minimum absolute atomic E-state index is 0.127. The fourth-order valence-corrected chi connectivity index (χ4v) is 3.63. The number of halogens is 4. The number of nitrogens with one attached hydrogen (secondary N) is 1. The summed E-state index contributed by atoms with van der Waals surface area (Å²) in [6.45, 7) is 0.740. The van der Waals surface area contributed by atoms with Crippen molar-refractivity contribution in [2.24, 2.45) is 5.92 Å². The molecule has 0 saturated heterocycles. The number of hydrogen-bond donors (Lipinski definition) is 1. The molecule has 1 heterocycles. The Morgan fingerprint density at radius 3 is 2.67 bits per heavy atom. The Labute approximate surface area is 177 Å². The molecule has 1 unspecified atom stereocenters. The van der Waals surface area contributed by atoms with E-state index in [1.807, 2.05) is 12.1 Å². The van der Waals surface area contributed by atoms with Gasteiger partial charge in [0.05, 0.1) is 0 Å². The number of hydrogen-bond acceptors (Lipinski definition) is 5. The molecule has 1 aromatic heterocycles. The first kappa shape index (κ1) is 22.4. The van der Waals surface area contributed by atoms with Crippen LogP contribution in [-0.2, 0) is 22.7 Å². The van der Waals surface area contributed by atoms with Crippen LogP contribution >= 0.6 is 11.6 Å². The van der Waals surface area contributed by atoms with Gasteiger partial charge in [0.1, 0.15) is 12.3 Å². The zero-order valence-electron chi connectivity index (χ0n) is 16.4. The summed E-state index contributed by atoms with van der Waals surface area (Å²) < 4.78 is 49.8. The van der Waals surface area contributed by atoms with Gasteiger partial charge < -0.3 is 9.47 Å². The summed E-state index contributed by atoms with van der Waals surface area (Å²) in [4.78, 5) is 11.3. The summed E-state index contributed by atoms with van der Waals surface area (Å²) in [7, 11) is 1.38. The highest BCUT2D eigenvalue weighted by molar-refractivity contribution is 6.31. The molecule has 2 aromatic rings. The molecule has 1 N–H and O–H groups in total. The van der Waals surface area contributed by atoms with Gasteiger partial charge in [-0.2, -0.15) is 18.3 Å². The molecule has 0 amide bonds. The number of carbonyl (C=O) groups is 1. The molecule has 164 valence electrons. The fraction of sp³-hybridized carbons (Fsp3) is 0.500. The smallest absolute Gasteiger partial charge is 0.473 e. The van der Waals surface area contributed by atoms with Gasteiger partial charge in [0.15, 0.2) is 6.23 Å². The average Bonchev–Trinajstić information content (AvgIpc) is 3.35. The van der Waals surface area contributed by atoms with Crippen molar-refractivity contribution in [1.82, 2.24) is 15.1 Å². The maximum absolute atomic E-state index is 12.6. The standard InChI is InChI=1S/C20H23ClF3N3O3/c1-25-18(30-19(28)20(22,23)24)16-10-17(27(26-16)11-13-6-2-3-7-13)29-12-14-8-4-5-9-15(14)21/h4-5,8-10,13,18,25H,2-3,6-7,11-12H2,1H3. The van der Waals surface area contributed by atoms with Gasteiger partial charge in [0, 0.05) is 23.2 Å². The third kappa shape index (κ3) is 5.66. The molecule has 0 spiro atoms. The third-order valence-corrected chi connectivity index (χ3v) is 5.36. The van der Waals surface area contributed by atoms with Crippen molar-refractivity contribution >= 4 is 17.6 Å². The first-order chi connectivity index (χ1) is 14.3. The van der Waals surface area contributed by atoms with Crippen LogP contribution in [-0.4, -0.2) is 29.0 Å². The predicted octanol–water partition coefficient (Wildman–Crippen LogP) is 4.63. The summed E-state index contributed by atoms with van der Waals surface area (Å²) >= 11 is 6.17. The zero-order valence-corrected chi connectivity index (χ0v) is 17.2. The van der Waals surface area contributed by atoms with Crippen LogP contribution in [0.1, 0.15) is 43.2 Å². The van der Waals surface area contributed by atoms with E-state index in [2.05, 4.69) is 15.2 Å². The second-order valence-electron chi connectivity index (χ2n) is 7.19. The maximum atomic E-state index is 12.6. The fourth-order valence-electron chi connectivity index (χ4n) is 3.44. The SMILES string of the molecule is CNC(OC(=O)C(F)(F)F)c1cc(OCc2ccccc2Cl)n(CC2CCCC2)n1. The van der Waals surface area contributed by atoms with E-state index in [0.717, 1.165) is 31.2 Å². The molecule has 1 aliphatic rings. The first-order valence-electron chi connectivity index (χ1n) is 9.67. The highest BCUT2D eigenvalue weighted by Crippen LogP contribution is 2.30. The summed E-state index contributed by atoms with van der Waals surface area (Å²) in [6, 6.07) is 8.69. The summed E-state index contributed by atoms with van der Waals surface area (Å²) in [5.41, 5.74) is 0.894. The topological polar surface area (TPSA) is 65.4 Å². The number of ether oxygens (including phenoxy) is 2. The average molecular weight is 446 g/mol. The van der Waals surface area contributed by atoms with E-state index < -0.39 is 18.4 Å². The van der Waals surface area contributed by atoms with Crippen LogP contribution in [0.25, 0.3) is 0 Å². The van der Waals surface area contributed by atoms with Crippen LogP contribution in [0.2, 0.25) is 5.02 Å². The quantitative estimate of drug-likeness (QED) is 0.474. The molecule has 30 heavy (non-hydrogen) atoms. The largest absolute Gasteiger partial charge is 0.490 e. The molecular formula is C20H23ClF3N3O3. The lowest BCUT2D eigenvalue weighted by Gasteiger charge is -2.16. The van der Waals surface area contributed by atoms with Gasteiger partial charge >= 0.3 is 12.1 Å². The minimum Gasteiger partial charge on any atom is -0.473 e. The van der Waals surface area contributed by atoms with Crippen LogP contribution in [0.3, 0.4) is 0 Å². The van der Waals surface area contributed by atoms with E-state index in [1.165, 1.54) is 13.1 Å². The van der Waals surface area contributed by atoms with E-state index in [-0.39, 0.29) is 12.3 Å². The van der Waals surface area contributed by atoms with Crippen molar-refractivity contribution < 1.29 is 27.4 Å². The van der Waals surface area contributed by atoms with Crippen molar-refractivity contribution in [3.63, 3.8) is 0 Å². The van der Waals surface area contributed by atoms with Crippen molar-refractivity contribution in [1.29, 1.82) is 0 Å². The number of carbonyl (C=O) groups excluding carboxylic acids is 1. The lowest BCUT2D eigenvalue weighted by atomic mass is 10.1. The van der Waals surface area contributed by atoms with Gasteiger partial charge in [-0.25, -0.2) is 9.48 Å². The lowest BCUT2D eigenvalue weighted by molar-refractivity contribution is -0.206. The number of esters is 1. The van der Waals surface area contributed by atoms with Gasteiger partial charge in [-0.1, -0.05) is 42.6 Å². The van der Waals surface area contributed by atoms with E-state index in [9.17, 15) is 18.0 Å². The molecule has 10 heteroatoms. The van der Waals surface area contributed by atoms with E-state index in [4.69, 9.17) is 16.3 Å². The van der Waals surface area contributed by atoms with Gasteiger partial charge in [-0.3, -0.25) is 5.32 Å². The molecule has 0 bridgehead atoms. The molecule has 1 aromatic carbocycles. The molecule has 6 nitrogen and oxygen atoms in total. The number of nitrogens with zero attached hydrogens (tertiary/aromatic N) is 2. The number of aromatic nitrogens is 2. The van der Waals surface area contributed by atoms with Crippen molar-refractivity contribution in [3.8, 4) is 5.88 Å². The van der Waals surface area contributed by atoms with Crippen molar-refractivity contribution in [2.75, 3.05) is 7.05 Å². The summed E-state index contributed by atoms with van der Waals surface area (Å²) in [5.74, 6) is -1.50. The number of alkyl halides is 3. The van der Waals surface area contributed by atoms with Crippen molar-refractivity contribution in [2.45, 2.75) is 51.2 Å². The Morgan fingerprint density at radius 2 is 2.03 bits per heavy atom. The molecule has 0 aliphatic heterocycles. The molecule has 0 radical (unpaired) electrons. The number of rotatable bonds is 8. The van der Waals surface area contributed by atoms with E-state index in [1.54, 1.807) is 16.8 Å². The van der Waals surface area contributed by atoms with Crippen LogP contribution in [0.15, 0.2) is 30.3 Å². The van der Waals surface area contributed by atoms with Crippen molar-refractivity contribution in [3.05, 3.63) is 46.6 Å². The Morgan fingerprint density at radius 1 is 1.33 bits per heavy atom. The van der Waals surface area contributed by atoms with Gasteiger partial charge in [-0.05, 0) is 31.9 Å². The first-order valence-corrected chi connectivity index (χ1v) is 10.0. The Bertz CT molecular complexity index is 866. The number of benzene rings is 1. The molecular weight excluding hydrogens is 423 g/mol. The molecule has 1 fully saturated rings.